The molecule has 0 radical (unpaired) electrons. The summed E-state index contributed by atoms with van der Waals surface area (Å²) in [6, 6.07) is 13.8. The van der Waals surface area contributed by atoms with Crippen LogP contribution >= 0.6 is 0 Å². The van der Waals surface area contributed by atoms with Gasteiger partial charge in [0.2, 0.25) is 0 Å². The van der Waals surface area contributed by atoms with Gasteiger partial charge in [-0.25, -0.2) is 0 Å². The average molecular weight is 211 g/mol. The van der Waals surface area contributed by atoms with Crippen LogP contribution in [0.4, 0.5) is 0 Å². The lowest BCUT2D eigenvalue weighted by Gasteiger charge is -2.06. The molecule has 0 amide bonds. The summed E-state index contributed by atoms with van der Waals surface area (Å²) < 4.78 is 0. The van der Waals surface area contributed by atoms with Crippen molar-refractivity contribution in [1.29, 1.82) is 0 Å². The fourth-order valence-corrected chi connectivity index (χ4v) is 1.50. The first-order valence-electron chi connectivity index (χ1n) is 5.13. The number of nitrogens with zero attached hydrogens (tertiary/aromatic N) is 1. The Kier molecular flexibility index (Phi) is 3.13. The summed E-state index contributed by atoms with van der Waals surface area (Å²) in [7, 11) is 0. The van der Waals surface area contributed by atoms with Gasteiger partial charge in [0.1, 0.15) is 6.10 Å². The molecule has 1 atom stereocenters. The molecule has 0 saturated heterocycles. The molecule has 0 aliphatic carbocycles. The van der Waals surface area contributed by atoms with E-state index >= 15 is 0 Å². The molecule has 0 fully saturated rings. The SMILES string of the molecule is C=CC(O)c1ccc(-c2ccccc2)cn1. The summed E-state index contributed by atoms with van der Waals surface area (Å²) in [4.78, 5) is 4.20. The van der Waals surface area contributed by atoms with Crippen LogP contribution in [0.25, 0.3) is 11.1 Å². The highest BCUT2D eigenvalue weighted by molar-refractivity contribution is 5.62. The van der Waals surface area contributed by atoms with Gasteiger partial charge >= 0.3 is 0 Å². The molecule has 2 rings (SSSR count). The largest absolute Gasteiger partial charge is 0.383 e. The van der Waals surface area contributed by atoms with Crippen LogP contribution in [0.2, 0.25) is 0 Å². The van der Waals surface area contributed by atoms with Crippen molar-refractivity contribution in [2.24, 2.45) is 0 Å². The van der Waals surface area contributed by atoms with Gasteiger partial charge in [0, 0.05) is 11.8 Å². The maximum absolute atomic E-state index is 9.51. The number of aromatic nitrogens is 1. The van der Waals surface area contributed by atoms with Gasteiger partial charge in [0.25, 0.3) is 0 Å². The van der Waals surface area contributed by atoms with Gasteiger partial charge in [-0.1, -0.05) is 42.5 Å². The molecule has 1 unspecified atom stereocenters. The number of hydrogen-bond donors (Lipinski definition) is 1. The van der Waals surface area contributed by atoms with Crippen molar-refractivity contribution in [3.05, 3.63) is 67.0 Å². The number of pyridine rings is 1. The van der Waals surface area contributed by atoms with Gasteiger partial charge in [0.15, 0.2) is 0 Å². The summed E-state index contributed by atoms with van der Waals surface area (Å²) in [5, 5.41) is 9.51. The Labute approximate surface area is 94.9 Å². The zero-order valence-corrected chi connectivity index (χ0v) is 8.88. The van der Waals surface area contributed by atoms with Crippen LogP contribution in [0.5, 0.6) is 0 Å². The van der Waals surface area contributed by atoms with Crippen LogP contribution in [0, 0.1) is 0 Å². The minimum Gasteiger partial charge on any atom is -0.383 e. The van der Waals surface area contributed by atoms with Gasteiger partial charge in [0.05, 0.1) is 5.69 Å². The minimum absolute atomic E-state index is 0.620. The third-order valence-electron chi connectivity index (χ3n) is 2.42. The average Bonchev–Trinajstić information content (AvgIpc) is 2.39. The molecule has 1 heterocycles. The summed E-state index contributed by atoms with van der Waals surface area (Å²) >= 11 is 0. The van der Waals surface area contributed by atoms with Crippen molar-refractivity contribution < 1.29 is 5.11 Å². The van der Waals surface area contributed by atoms with Crippen molar-refractivity contribution in [2.45, 2.75) is 6.10 Å². The number of aliphatic hydroxyl groups is 1. The van der Waals surface area contributed by atoms with Crippen molar-refractivity contribution >= 4 is 0 Å². The maximum Gasteiger partial charge on any atom is 0.114 e. The summed E-state index contributed by atoms with van der Waals surface area (Å²) in [6.07, 6.45) is 2.53. The Morgan fingerprint density at radius 2 is 1.81 bits per heavy atom. The molecule has 1 N–H and O–H groups in total. The normalized spacial score (nSPS) is 12.1. The molecule has 0 bridgehead atoms. The minimum atomic E-state index is -0.690. The Hall–Kier alpha value is -1.93. The molecular weight excluding hydrogens is 198 g/mol. The third kappa shape index (κ3) is 2.18. The quantitative estimate of drug-likeness (QED) is 0.792. The molecule has 0 aliphatic heterocycles. The molecule has 1 aromatic carbocycles. The van der Waals surface area contributed by atoms with Crippen molar-refractivity contribution in [1.82, 2.24) is 4.98 Å². The Bertz CT molecular complexity index is 462. The molecular formula is C14H13NO. The van der Waals surface area contributed by atoms with E-state index in [-0.39, 0.29) is 0 Å². The highest BCUT2D eigenvalue weighted by Crippen LogP contribution is 2.19. The second-order valence-electron chi connectivity index (χ2n) is 3.52. The molecule has 1 aromatic heterocycles. The summed E-state index contributed by atoms with van der Waals surface area (Å²) in [6.45, 7) is 3.53. The van der Waals surface area contributed by atoms with E-state index in [1.807, 2.05) is 42.5 Å². The lowest BCUT2D eigenvalue weighted by atomic mass is 10.1. The lowest BCUT2D eigenvalue weighted by Crippen LogP contribution is -1.95. The molecule has 80 valence electrons. The Balaban J connectivity index is 2.30. The van der Waals surface area contributed by atoms with Gasteiger partial charge in [-0.05, 0) is 11.6 Å². The predicted octanol–water partition coefficient (Wildman–Crippen LogP) is 2.97. The van der Waals surface area contributed by atoms with E-state index in [1.165, 1.54) is 6.08 Å². The molecule has 2 aromatic rings. The highest BCUT2D eigenvalue weighted by atomic mass is 16.3. The zero-order valence-electron chi connectivity index (χ0n) is 8.88. The number of aliphatic hydroxyl groups excluding tert-OH is 1. The van der Waals surface area contributed by atoms with Crippen molar-refractivity contribution in [3.8, 4) is 11.1 Å². The van der Waals surface area contributed by atoms with E-state index in [0.29, 0.717) is 5.69 Å². The van der Waals surface area contributed by atoms with Gasteiger partial charge in [-0.15, -0.1) is 6.58 Å². The number of benzene rings is 1. The van der Waals surface area contributed by atoms with Crippen LogP contribution < -0.4 is 0 Å². The van der Waals surface area contributed by atoms with Crippen molar-refractivity contribution in [3.63, 3.8) is 0 Å². The second kappa shape index (κ2) is 4.73. The highest BCUT2D eigenvalue weighted by Gasteiger charge is 2.04. The Morgan fingerprint density at radius 3 is 2.38 bits per heavy atom. The standard InChI is InChI=1S/C14H13NO/c1-2-14(16)13-9-8-12(10-15-13)11-6-4-3-5-7-11/h2-10,14,16H,1H2. The third-order valence-corrected chi connectivity index (χ3v) is 2.42. The first-order chi connectivity index (χ1) is 7.81. The fraction of sp³-hybridized carbons (Fsp3) is 0.0714. The van der Waals surface area contributed by atoms with E-state index in [2.05, 4.69) is 11.6 Å². The molecule has 16 heavy (non-hydrogen) atoms. The second-order valence-corrected chi connectivity index (χ2v) is 3.52. The van der Waals surface area contributed by atoms with E-state index in [4.69, 9.17) is 0 Å². The van der Waals surface area contributed by atoms with Crippen LogP contribution in [0.15, 0.2) is 61.3 Å². The smallest absolute Gasteiger partial charge is 0.114 e. The van der Waals surface area contributed by atoms with Crippen molar-refractivity contribution in [2.75, 3.05) is 0 Å². The Morgan fingerprint density at radius 1 is 1.06 bits per heavy atom. The maximum atomic E-state index is 9.51. The summed E-state index contributed by atoms with van der Waals surface area (Å²) in [5.74, 6) is 0. The molecule has 0 spiro atoms. The van der Waals surface area contributed by atoms with E-state index < -0.39 is 6.10 Å². The predicted molar refractivity (Wildman–Crippen MR) is 64.8 cm³/mol. The first-order valence-corrected chi connectivity index (χ1v) is 5.13. The van der Waals surface area contributed by atoms with E-state index in [9.17, 15) is 5.11 Å². The molecule has 2 nitrogen and oxygen atoms in total. The van der Waals surface area contributed by atoms with Crippen LogP contribution in [-0.4, -0.2) is 10.1 Å². The number of hydrogen-bond acceptors (Lipinski definition) is 2. The molecule has 0 aliphatic rings. The van der Waals surface area contributed by atoms with Crippen LogP contribution in [0.3, 0.4) is 0 Å². The van der Waals surface area contributed by atoms with E-state index in [1.54, 1.807) is 6.20 Å². The fourth-order valence-electron chi connectivity index (χ4n) is 1.50. The van der Waals surface area contributed by atoms with Gasteiger partial charge in [-0.2, -0.15) is 0 Å². The van der Waals surface area contributed by atoms with Gasteiger partial charge in [-0.3, -0.25) is 4.98 Å². The number of rotatable bonds is 3. The topological polar surface area (TPSA) is 33.1 Å². The summed E-state index contributed by atoms with van der Waals surface area (Å²) in [5.41, 5.74) is 2.78. The van der Waals surface area contributed by atoms with Crippen LogP contribution in [-0.2, 0) is 0 Å². The van der Waals surface area contributed by atoms with Gasteiger partial charge < -0.3 is 5.11 Å². The monoisotopic (exact) mass is 211 g/mol. The van der Waals surface area contributed by atoms with E-state index in [0.717, 1.165) is 11.1 Å². The first kappa shape index (κ1) is 10.6. The molecule has 0 saturated carbocycles. The lowest BCUT2D eigenvalue weighted by molar-refractivity contribution is 0.224. The zero-order chi connectivity index (χ0) is 11.4. The van der Waals surface area contributed by atoms with Crippen LogP contribution in [0.1, 0.15) is 11.8 Å². The molecule has 2 heteroatoms.